The quantitative estimate of drug-likeness (QED) is 0.677. The zero-order valence-corrected chi connectivity index (χ0v) is 16.9. The van der Waals surface area contributed by atoms with E-state index in [1.807, 2.05) is 34.1 Å². The molecular weight excluding hydrogens is 354 g/mol. The van der Waals surface area contributed by atoms with E-state index >= 15 is 0 Å². The molecule has 6 heteroatoms. The lowest BCUT2D eigenvalue weighted by Crippen LogP contribution is -2.49. The number of methoxy groups -OCH3 is 1. The van der Waals surface area contributed by atoms with Crippen LogP contribution in [0.4, 0.5) is 10.5 Å². The number of amides is 2. The number of aryl methyl sites for hydroxylation is 1. The molecule has 0 atom stereocenters. The molecule has 2 amide bonds. The van der Waals surface area contributed by atoms with Crippen LogP contribution >= 0.6 is 0 Å². The maximum Gasteiger partial charge on any atom is 0.324 e. The molecule has 4 heterocycles. The molecule has 4 saturated heterocycles. The SMILES string of the molecule is COC(=O)CCc1ccc(N2CCN(CCC34CCN(CC3)CC4)C2=O)cc1. The van der Waals surface area contributed by atoms with Crippen molar-refractivity contribution in [2.24, 2.45) is 5.41 Å². The normalized spacial score (nSPS) is 26.8. The van der Waals surface area contributed by atoms with E-state index in [1.54, 1.807) is 0 Å². The molecule has 1 aromatic carbocycles. The van der Waals surface area contributed by atoms with E-state index in [9.17, 15) is 9.59 Å². The van der Waals surface area contributed by atoms with Crippen LogP contribution in [0.2, 0.25) is 0 Å². The van der Waals surface area contributed by atoms with Gasteiger partial charge in [0.1, 0.15) is 0 Å². The highest BCUT2D eigenvalue weighted by Crippen LogP contribution is 2.43. The first-order chi connectivity index (χ1) is 13.6. The van der Waals surface area contributed by atoms with Gasteiger partial charge in [0.2, 0.25) is 0 Å². The van der Waals surface area contributed by atoms with Gasteiger partial charge in [-0.3, -0.25) is 9.69 Å². The average Bonchev–Trinajstić information content (AvgIpc) is 3.12. The fraction of sp³-hybridized carbons (Fsp3) is 0.636. The van der Waals surface area contributed by atoms with Gasteiger partial charge in [0.15, 0.2) is 0 Å². The van der Waals surface area contributed by atoms with E-state index in [0.29, 0.717) is 18.3 Å². The standard InChI is InChI=1S/C22H31N3O3/c1-28-20(26)7-4-18-2-5-19(6-3-18)25-17-16-24(21(25)27)15-11-22-8-12-23(13-9-22)14-10-22/h2-3,5-6H,4,7-17H2,1H3. The Hall–Kier alpha value is -2.08. The lowest BCUT2D eigenvalue weighted by atomic mass is 9.70. The number of rotatable bonds is 7. The van der Waals surface area contributed by atoms with Crippen LogP contribution in [0.5, 0.6) is 0 Å². The number of hydrogen-bond donors (Lipinski definition) is 0. The Morgan fingerprint density at radius 2 is 1.71 bits per heavy atom. The number of esters is 1. The Kier molecular flexibility index (Phi) is 5.58. The molecule has 1 aromatic rings. The number of nitrogens with zero attached hydrogens (tertiary/aromatic N) is 3. The summed E-state index contributed by atoms with van der Waals surface area (Å²) in [6.45, 7) is 6.16. The fourth-order valence-electron chi connectivity index (χ4n) is 4.86. The molecule has 6 nitrogen and oxygen atoms in total. The van der Waals surface area contributed by atoms with Crippen LogP contribution < -0.4 is 4.90 Å². The molecule has 0 saturated carbocycles. The number of carbonyl (C=O) groups excluding carboxylic acids is 2. The van der Waals surface area contributed by atoms with Gasteiger partial charge in [-0.2, -0.15) is 0 Å². The van der Waals surface area contributed by atoms with Crippen LogP contribution in [0.25, 0.3) is 0 Å². The Morgan fingerprint density at radius 3 is 2.36 bits per heavy atom. The number of carbonyl (C=O) groups is 2. The number of piperidine rings is 3. The second-order valence-electron chi connectivity index (χ2n) is 8.51. The Morgan fingerprint density at radius 1 is 1.04 bits per heavy atom. The lowest BCUT2D eigenvalue weighted by molar-refractivity contribution is -0.140. The molecule has 5 rings (SSSR count). The molecule has 28 heavy (non-hydrogen) atoms. The Balaban J connectivity index is 1.30. The first-order valence-electron chi connectivity index (χ1n) is 10.5. The molecule has 0 aromatic heterocycles. The summed E-state index contributed by atoms with van der Waals surface area (Å²) in [4.78, 5) is 30.7. The van der Waals surface area contributed by atoms with Crippen molar-refractivity contribution < 1.29 is 14.3 Å². The van der Waals surface area contributed by atoms with Crippen molar-refractivity contribution in [1.82, 2.24) is 9.80 Å². The second kappa shape index (κ2) is 8.11. The lowest BCUT2D eigenvalue weighted by Gasteiger charge is -2.49. The summed E-state index contributed by atoms with van der Waals surface area (Å²) < 4.78 is 4.69. The second-order valence-corrected chi connectivity index (χ2v) is 8.51. The van der Waals surface area contributed by atoms with Crippen LogP contribution in [0.3, 0.4) is 0 Å². The average molecular weight is 386 g/mol. The molecule has 4 aliphatic rings. The predicted molar refractivity (Wildman–Crippen MR) is 108 cm³/mol. The number of benzene rings is 1. The largest absolute Gasteiger partial charge is 0.469 e. The van der Waals surface area contributed by atoms with Gasteiger partial charge >= 0.3 is 12.0 Å². The third kappa shape index (κ3) is 4.02. The summed E-state index contributed by atoms with van der Waals surface area (Å²) in [5, 5.41) is 0. The maximum atomic E-state index is 12.9. The van der Waals surface area contributed by atoms with Gasteiger partial charge in [-0.1, -0.05) is 12.1 Å². The summed E-state index contributed by atoms with van der Waals surface area (Å²) in [7, 11) is 1.41. The van der Waals surface area contributed by atoms with E-state index in [1.165, 1.54) is 46.0 Å². The molecule has 0 spiro atoms. The molecule has 0 radical (unpaired) electrons. The van der Waals surface area contributed by atoms with E-state index in [-0.39, 0.29) is 12.0 Å². The minimum absolute atomic E-state index is 0.131. The van der Waals surface area contributed by atoms with Crippen molar-refractivity contribution in [3.8, 4) is 0 Å². The molecule has 0 unspecified atom stereocenters. The summed E-state index contributed by atoms with van der Waals surface area (Å²) in [5.41, 5.74) is 2.50. The highest BCUT2D eigenvalue weighted by molar-refractivity contribution is 5.94. The molecular formula is C22H31N3O3. The number of fused-ring (bicyclic) bond motifs is 3. The van der Waals surface area contributed by atoms with Crippen LogP contribution in [0, 0.1) is 5.41 Å². The van der Waals surface area contributed by atoms with E-state index in [4.69, 9.17) is 0 Å². The van der Waals surface area contributed by atoms with Gasteiger partial charge in [-0.15, -0.1) is 0 Å². The molecule has 2 bridgehead atoms. The first kappa shape index (κ1) is 19.2. The third-order valence-electron chi connectivity index (χ3n) is 6.98. The maximum absolute atomic E-state index is 12.9. The summed E-state index contributed by atoms with van der Waals surface area (Å²) >= 11 is 0. The molecule has 4 aliphatic heterocycles. The van der Waals surface area contributed by atoms with Crippen LogP contribution in [-0.4, -0.2) is 68.2 Å². The summed E-state index contributed by atoms with van der Waals surface area (Å²) in [6, 6.07) is 8.12. The van der Waals surface area contributed by atoms with Crippen molar-refractivity contribution in [1.29, 1.82) is 0 Å². The van der Waals surface area contributed by atoms with Crippen LogP contribution in [0.1, 0.15) is 37.7 Å². The molecule has 0 N–H and O–H groups in total. The molecule has 0 aliphatic carbocycles. The first-order valence-corrected chi connectivity index (χ1v) is 10.5. The number of anilines is 1. The van der Waals surface area contributed by atoms with Crippen molar-refractivity contribution in [2.75, 3.05) is 51.3 Å². The van der Waals surface area contributed by atoms with Crippen LogP contribution in [-0.2, 0) is 16.0 Å². The highest BCUT2D eigenvalue weighted by atomic mass is 16.5. The minimum Gasteiger partial charge on any atom is -0.469 e. The zero-order valence-electron chi connectivity index (χ0n) is 16.9. The van der Waals surface area contributed by atoms with Gasteiger partial charge < -0.3 is 14.5 Å². The smallest absolute Gasteiger partial charge is 0.324 e. The summed E-state index contributed by atoms with van der Waals surface area (Å²) in [5.74, 6) is -0.197. The van der Waals surface area contributed by atoms with Gasteiger partial charge in [0, 0.05) is 31.7 Å². The van der Waals surface area contributed by atoms with Crippen LogP contribution in [0.15, 0.2) is 24.3 Å². The van der Waals surface area contributed by atoms with Gasteiger partial charge in [-0.25, -0.2) is 4.79 Å². The van der Waals surface area contributed by atoms with E-state index < -0.39 is 0 Å². The van der Waals surface area contributed by atoms with Gasteiger partial charge in [-0.05, 0) is 74.8 Å². The number of hydrogen-bond acceptors (Lipinski definition) is 4. The Labute approximate surface area is 167 Å². The monoisotopic (exact) mass is 385 g/mol. The van der Waals surface area contributed by atoms with Crippen molar-refractivity contribution in [3.63, 3.8) is 0 Å². The highest BCUT2D eigenvalue weighted by Gasteiger charge is 2.40. The number of urea groups is 1. The van der Waals surface area contributed by atoms with Crippen molar-refractivity contribution >= 4 is 17.7 Å². The Bertz CT molecular complexity index is 696. The van der Waals surface area contributed by atoms with E-state index in [0.717, 1.165) is 37.3 Å². The van der Waals surface area contributed by atoms with Gasteiger partial charge in [0.25, 0.3) is 0 Å². The van der Waals surface area contributed by atoms with E-state index in [2.05, 4.69) is 9.64 Å². The van der Waals surface area contributed by atoms with Gasteiger partial charge in [0.05, 0.1) is 7.11 Å². The molecule has 4 fully saturated rings. The third-order valence-corrected chi connectivity index (χ3v) is 6.98. The van der Waals surface area contributed by atoms with Crippen molar-refractivity contribution in [3.05, 3.63) is 29.8 Å². The zero-order chi connectivity index (χ0) is 19.6. The predicted octanol–water partition coefficient (Wildman–Crippen LogP) is 2.91. The minimum atomic E-state index is -0.197. The van der Waals surface area contributed by atoms with Crippen molar-refractivity contribution in [2.45, 2.75) is 38.5 Å². The molecule has 152 valence electrons. The fourth-order valence-corrected chi connectivity index (χ4v) is 4.86. The topological polar surface area (TPSA) is 53.1 Å². The number of ether oxygens (including phenoxy) is 1. The summed E-state index contributed by atoms with van der Waals surface area (Å²) in [6.07, 6.45) is 6.08.